The van der Waals surface area contributed by atoms with E-state index < -0.39 is 11.7 Å². The van der Waals surface area contributed by atoms with Gasteiger partial charge in [-0.05, 0) is 34.1 Å². The second kappa shape index (κ2) is 4.45. The van der Waals surface area contributed by atoms with Crippen LogP contribution in [0.15, 0.2) is 22.7 Å². The summed E-state index contributed by atoms with van der Waals surface area (Å²) in [4.78, 5) is 12.8. The van der Waals surface area contributed by atoms with Crippen molar-refractivity contribution < 1.29 is 18.0 Å². The van der Waals surface area contributed by atoms with Gasteiger partial charge in [0.1, 0.15) is 0 Å². The lowest BCUT2D eigenvalue weighted by atomic mass is 10.1. The van der Waals surface area contributed by atoms with E-state index in [1.165, 1.54) is 19.0 Å². The molecule has 0 heterocycles. The van der Waals surface area contributed by atoms with Gasteiger partial charge in [-0.25, -0.2) is 0 Å². The van der Waals surface area contributed by atoms with Crippen LogP contribution >= 0.6 is 15.9 Å². The van der Waals surface area contributed by atoms with Gasteiger partial charge in [0.05, 0.1) is 11.1 Å². The van der Waals surface area contributed by atoms with Gasteiger partial charge in [-0.2, -0.15) is 13.2 Å². The van der Waals surface area contributed by atoms with E-state index in [2.05, 4.69) is 15.9 Å². The van der Waals surface area contributed by atoms with Crippen molar-refractivity contribution in [3.63, 3.8) is 0 Å². The third kappa shape index (κ3) is 2.75. The first-order valence-corrected chi connectivity index (χ1v) is 5.11. The van der Waals surface area contributed by atoms with Gasteiger partial charge in [-0.3, -0.25) is 4.79 Å². The summed E-state index contributed by atoms with van der Waals surface area (Å²) in [6, 6.07) is 2.95. The van der Waals surface area contributed by atoms with E-state index in [1.807, 2.05) is 0 Å². The van der Waals surface area contributed by atoms with E-state index >= 15 is 0 Å². The molecule has 0 unspecified atom stereocenters. The first-order chi connectivity index (χ1) is 7.23. The van der Waals surface area contributed by atoms with Crippen molar-refractivity contribution in [2.75, 3.05) is 14.1 Å². The molecule has 0 saturated carbocycles. The van der Waals surface area contributed by atoms with Gasteiger partial charge in [0.25, 0.3) is 5.91 Å². The Morgan fingerprint density at radius 2 is 1.88 bits per heavy atom. The molecule has 0 aliphatic heterocycles. The smallest absolute Gasteiger partial charge is 0.345 e. The molecule has 1 aromatic carbocycles. The normalized spacial score (nSPS) is 11.4. The van der Waals surface area contributed by atoms with E-state index in [9.17, 15) is 18.0 Å². The highest BCUT2D eigenvalue weighted by atomic mass is 79.9. The van der Waals surface area contributed by atoms with Crippen molar-refractivity contribution in [1.82, 2.24) is 4.90 Å². The maximum Gasteiger partial charge on any atom is 0.416 e. The zero-order valence-electron chi connectivity index (χ0n) is 8.60. The van der Waals surface area contributed by atoms with Crippen molar-refractivity contribution in [3.05, 3.63) is 33.8 Å². The summed E-state index contributed by atoms with van der Waals surface area (Å²) in [5.74, 6) is -0.347. The monoisotopic (exact) mass is 295 g/mol. The van der Waals surface area contributed by atoms with E-state index in [0.29, 0.717) is 0 Å². The predicted octanol–water partition coefficient (Wildman–Crippen LogP) is 3.17. The molecule has 0 saturated heterocycles. The number of benzene rings is 1. The van der Waals surface area contributed by atoms with Crippen LogP contribution < -0.4 is 0 Å². The van der Waals surface area contributed by atoms with Gasteiger partial charge in [0.15, 0.2) is 0 Å². The molecule has 88 valence electrons. The Labute approximate surface area is 99.2 Å². The Bertz CT molecular complexity index is 415. The number of carbonyl (C=O) groups excluding carboxylic acids is 1. The number of hydrogen-bond acceptors (Lipinski definition) is 1. The van der Waals surface area contributed by atoms with Crippen LogP contribution in [0.25, 0.3) is 0 Å². The standard InChI is InChI=1S/C10H9BrF3NO/c1-15(2)9(16)7-4-3-6(5-8(7)11)10(12,13)14/h3-5H,1-2H3. The van der Waals surface area contributed by atoms with Crippen LogP contribution in [0.2, 0.25) is 0 Å². The van der Waals surface area contributed by atoms with Gasteiger partial charge < -0.3 is 4.90 Å². The quantitative estimate of drug-likeness (QED) is 0.779. The minimum atomic E-state index is -4.40. The summed E-state index contributed by atoms with van der Waals surface area (Å²) in [7, 11) is 3.07. The first-order valence-electron chi connectivity index (χ1n) is 4.32. The van der Waals surface area contributed by atoms with Crippen molar-refractivity contribution in [2.24, 2.45) is 0 Å². The van der Waals surface area contributed by atoms with Crippen molar-refractivity contribution in [3.8, 4) is 0 Å². The Morgan fingerprint density at radius 1 is 1.31 bits per heavy atom. The Hall–Kier alpha value is -1.04. The number of halogens is 4. The Balaban J connectivity index is 3.15. The van der Waals surface area contributed by atoms with Crippen LogP contribution in [0.5, 0.6) is 0 Å². The molecule has 2 nitrogen and oxygen atoms in total. The molecule has 1 rings (SSSR count). The molecule has 0 radical (unpaired) electrons. The van der Waals surface area contributed by atoms with Crippen molar-refractivity contribution in [1.29, 1.82) is 0 Å². The fourth-order valence-electron chi connectivity index (χ4n) is 1.11. The third-order valence-corrected chi connectivity index (χ3v) is 2.59. The summed E-state index contributed by atoms with van der Waals surface area (Å²) in [5.41, 5.74) is -0.576. The van der Waals surface area contributed by atoms with Crippen LogP contribution in [0, 0.1) is 0 Å². The minimum absolute atomic E-state index is 0.140. The maximum absolute atomic E-state index is 12.3. The highest BCUT2D eigenvalue weighted by Crippen LogP contribution is 2.32. The molecule has 1 aromatic rings. The average Bonchev–Trinajstić information content (AvgIpc) is 2.15. The summed E-state index contributed by atoms with van der Waals surface area (Å²) in [5, 5.41) is 0. The van der Waals surface area contributed by atoms with Crippen LogP contribution in [0.4, 0.5) is 13.2 Å². The van der Waals surface area contributed by atoms with Gasteiger partial charge in [-0.15, -0.1) is 0 Å². The second-order valence-electron chi connectivity index (χ2n) is 3.39. The summed E-state index contributed by atoms with van der Waals surface area (Å²) < 4.78 is 37.2. The van der Waals surface area contributed by atoms with Gasteiger partial charge in [0.2, 0.25) is 0 Å². The zero-order chi connectivity index (χ0) is 12.5. The lowest BCUT2D eigenvalue weighted by Gasteiger charge is -2.13. The number of rotatable bonds is 1. The number of alkyl halides is 3. The Kier molecular flexibility index (Phi) is 3.62. The van der Waals surface area contributed by atoms with Gasteiger partial charge in [-0.1, -0.05) is 0 Å². The zero-order valence-corrected chi connectivity index (χ0v) is 10.2. The van der Waals surface area contributed by atoms with E-state index in [4.69, 9.17) is 0 Å². The number of nitrogens with zero attached hydrogens (tertiary/aromatic N) is 1. The number of hydrogen-bond donors (Lipinski definition) is 0. The molecule has 1 amide bonds. The molecule has 0 aliphatic rings. The third-order valence-electron chi connectivity index (χ3n) is 1.93. The highest BCUT2D eigenvalue weighted by Gasteiger charge is 2.31. The predicted molar refractivity (Wildman–Crippen MR) is 57.2 cm³/mol. The molecule has 0 spiro atoms. The summed E-state index contributed by atoms with van der Waals surface area (Å²) in [6.07, 6.45) is -4.40. The highest BCUT2D eigenvalue weighted by molar-refractivity contribution is 9.10. The number of carbonyl (C=O) groups is 1. The number of amides is 1. The molecule has 0 N–H and O–H groups in total. The molecular formula is C10H9BrF3NO. The van der Waals surface area contributed by atoms with Crippen LogP contribution in [-0.2, 0) is 6.18 Å². The molecule has 16 heavy (non-hydrogen) atoms. The van der Waals surface area contributed by atoms with Crippen molar-refractivity contribution in [2.45, 2.75) is 6.18 Å². The van der Waals surface area contributed by atoms with Crippen LogP contribution in [0.1, 0.15) is 15.9 Å². The minimum Gasteiger partial charge on any atom is -0.345 e. The molecule has 6 heteroatoms. The molecule has 0 bridgehead atoms. The van der Waals surface area contributed by atoms with Crippen LogP contribution in [0.3, 0.4) is 0 Å². The van der Waals surface area contributed by atoms with Crippen molar-refractivity contribution >= 4 is 21.8 Å². The van der Waals surface area contributed by atoms with E-state index in [1.54, 1.807) is 0 Å². The topological polar surface area (TPSA) is 20.3 Å². The fourth-order valence-corrected chi connectivity index (χ4v) is 1.65. The summed E-state index contributed by atoms with van der Waals surface area (Å²) >= 11 is 2.96. The lowest BCUT2D eigenvalue weighted by Crippen LogP contribution is -2.22. The molecular weight excluding hydrogens is 287 g/mol. The SMILES string of the molecule is CN(C)C(=O)c1ccc(C(F)(F)F)cc1Br. The molecule has 0 fully saturated rings. The molecule has 0 aliphatic carbocycles. The summed E-state index contributed by atoms with van der Waals surface area (Å²) in [6.45, 7) is 0. The largest absolute Gasteiger partial charge is 0.416 e. The van der Waals surface area contributed by atoms with Crippen LogP contribution in [-0.4, -0.2) is 24.9 Å². The van der Waals surface area contributed by atoms with E-state index in [-0.39, 0.29) is 15.9 Å². The first kappa shape index (κ1) is 13.0. The Morgan fingerprint density at radius 3 is 2.25 bits per heavy atom. The molecule has 0 atom stereocenters. The maximum atomic E-state index is 12.3. The van der Waals surface area contributed by atoms with Gasteiger partial charge in [0, 0.05) is 18.6 Å². The lowest BCUT2D eigenvalue weighted by molar-refractivity contribution is -0.137. The van der Waals surface area contributed by atoms with E-state index in [0.717, 1.165) is 18.2 Å². The molecule has 0 aromatic heterocycles. The fraction of sp³-hybridized carbons (Fsp3) is 0.300. The second-order valence-corrected chi connectivity index (χ2v) is 4.25. The average molecular weight is 296 g/mol. The van der Waals surface area contributed by atoms with Gasteiger partial charge >= 0.3 is 6.18 Å².